The third-order valence-corrected chi connectivity index (χ3v) is 3.63. The molecule has 2 aromatic rings. The predicted octanol–water partition coefficient (Wildman–Crippen LogP) is 3.35. The van der Waals surface area contributed by atoms with Gasteiger partial charge in [-0.3, -0.25) is 4.79 Å². The van der Waals surface area contributed by atoms with E-state index in [-0.39, 0.29) is 11.7 Å². The molecule has 0 bridgehead atoms. The normalized spacial score (nSPS) is 11.6. The lowest BCUT2D eigenvalue weighted by atomic mass is 10.1. The lowest BCUT2D eigenvalue weighted by Gasteiger charge is -2.17. The van der Waals surface area contributed by atoms with E-state index >= 15 is 0 Å². The number of amides is 1. The van der Waals surface area contributed by atoms with Crippen LogP contribution in [-0.4, -0.2) is 25.7 Å². The molecule has 5 heteroatoms. The van der Waals surface area contributed by atoms with Crippen LogP contribution >= 0.6 is 0 Å². The Morgan fingerprint density at radius 2 is 1.71 bits per heavy atom. The first kappa shape index (κ1) is 17.8. The largest absolute Gasteiger partial charge is 0.497 e. The highest BCUT2D eigenvalue weighted by Gasteiger charge is 2.17. The van der Waals surface area contributed by atoms with Gasteiger partial charge in [-0.2, -0.15) is 0 Å². The molecule has 0 saturated carbocycles. The van der Waals surface area contributed by atoms with E-state index in [1.54, 1.807) is 7.11 Å². The summed E-state index contributed by atoms with van der Waals surface area (Å²) in [5.41, 5.74) is 1.11. The van der Waals surface area contributed by atoms with Gasteiger partial charge in [-0.15, -0.1) is 0 Å². The molecule has 0 spiro atoms. The van der Waals surface area contributed by atoms with E-state index in [4.69, 9.17) is 9.47 Å². The van der Waals surface area contributed by atoms with Gasteiger partial charge in [-0.25, -0.2) is 4.39 Å². The zero-order valence-electron chi connectivity index (χ0n) is 13.9. The topological polar surface area (TPSA) is 47.6 Å². The van der Waals surface area contributed by atoms with Crippen molar-refractivity contribution in [3.8, 4) is 11.5 Å². The fraction of sp³-hybridized carbons (Fsp3) is 0.316. The Hall–Kier alpha value is -2.56. The molecule has 2 rings (SSSR count). The van der Waals surface area contributed by atoms with Crippen LogP contribution in [0.15, 0.2) is 48.5 Å². The second kappa shape index (κ2) is 8.91. The average Bonchev–Trinajstić information content (AvgIpc) is 2.61. The maximum atomic E-state index is 12.9. The lowest BCUT2D eigenvalue weighted by Crippen LogP contribution is -2.38. The summed E-state index contributed by atoms with van der Waals surface area (Å²) in [6, 6.07) is 13.4. The predicted molar refractivity (Wildman–Crippen MR) is 90.8 cm³/mol. The summed E-state index contributed by atoms with van der Waals surface area (Å²) in [5, 5.41) is 2.87. The molecule has 2 aromatic carbocycles. The van der Waals surface area contributed by atoms with Crippen LogP contribution in [0.3, 0.4) is 0 Å². The number of hydrogen-bond donors (Lipinski definition) is 1. The van der Waals surface area contributed by atoms with E-state index in [9.17, 15) is 9.18 Å². The van der Waals surface area contributed by atoms with Crippen molar-refractivity contribution < 1.29 is 18.7 Å². The Labute approximate surface area is 141 Å². The smallest absolute Gasteiger partial charge is 0.261 e. The van der Waals surface area contributed by atoms with Gasteiger partial charge in [0.15, 0.2) is 6.10 Å². The van der Waals surface area contributed by atoms with E-state index < -0.39 is 6.10 Å². The first-order valence-corrected chi connectivity index (χ1v) is 7.95. The van der Waals surface area contributed by atoms with E-state index in [0.717, 1.165) is 17.7 Å². The Kier molecular flexibility index (Phi) is 6.61. The number of halogens is 1. The minimum atomic E-state index is -0.591. The summed E-state index contributed by atoms with van der Waals surface area (Å²) >= 11 is 0. The third-order valence-electron chi connectivity index (χ3n) is 3.63. The highest BCUT2D eigenvalue weighted by atomic mass is 19.1. The van der Waals surface area contributed by atoms with Crippen molar-refractivity contribution in [2.24, 2.45) is 0 Å². The molecule has 128 valence electrons. The zero-order valence-corrected chi connectivity index (χ0v) is 13.9. The van der Waals surface area contributed by atoms with Gasteiger partial charge >= 0.3 is 0 Å². The first-order valence-electron chi connectivity index (χ1n) is 7.95. The number of benzene rings is 2. The Balaban J connectivity index is 1.81. The molecule has 0 saturated heterocycles. The summed E-state index contributed by atoms with van der Waals surface area (Å²) in [7, 11) is 1.63. The van der Waals surface area contributed by atoms with Crippen molar-refractivity contribution in [2.75, 3.05) is 13.7 Å². The van der Waals surface area contributed by atoms with Gasteiger partial charge in [0.2, 0.25) is 0 Å². The molecular formula is C19H22FNO3. The minimum absolute atomic E-state index is 0.171. The highest BCUT2D eigenvalue weighted by molar-refractivity contribution is 5.81. The molecule has 1 atom stereocenters. The molecule has 0 aromatic heterocycles. The Morgan fingerprint density at radius 1 is 1.08 bits per heavy atom. The van der Waals surface area contributed by atoms with Crippen molar-refractivity contribution in [2.45, 2.75) is 25.9 Å². The average molecular weight is 331 g/mol. The summed E-state index contributed by atoms with van der Waals surface area (Å²) in [4.78, 5) is 12.2. The van der Waals surface area contributed by atoms with Gasteiger partial charge in [-0.1, -0.05) is 19.1 Å². The van der Waals surface area contributed by atoms with E-state index in [2.05, 4.69) is 5.32 Å². The van der Waals surface area contributed by atoms with Gasteiger partial charge in [-0.05, 0) is 54.8 Å². The Morgan fingerprint density at radius 3 is 2.29 bits per heavy atom. The molecule has 0 heterocycles. The maximum Gasteiger partial charge on any atom is 0.261 e. The fourth-order valence-corrected chi connectivity index (χ4v) is 2.24. The minimum Gasteiger partial charge on any atom is -0.497 e. The number of ether oxygens (including phenoxy) is 2. The SMILES string of the molecule is CC[C@@H](Oc1ccc(F)cc1)C(=O)NCCc1ccc(OC)cc1. The first-order chi connectivity index (χ1) is 11.6. The van der Waals surface area contributed by atoms with E-state index in [0.29, 0.717) is 18.7 Å². The summed E-state index contributed by atoms with van der Waals surface area (Å²) in [6.07, 6.45) is 0.667. The van der Waals surface area contributed by atoms with Crippen molar-refractivity contribution in [3.63, 3.8) is 0 Å². The van der Waals surface area contributed by atoms with Crippen molar-refractivity contribution in [1.29, 1.82) is 0 Å². The van der Waals surface area contributed by atoms with Crippen LogP contribution in [0.1, 0.15) is 18.9 Å². The van der Waals surface area contributed by atoms with Gasteiger partial charge in [0.1, 0.15) is 17.3 Å². The van der Waals surface area contributed by atoms with Crippen molar-refractivity contribution in [1.82, 2.24) is 5.32 Å². The Bertz CT molecular complexity index is 641. The highest BCUT2D eigenvalue weighted by Crippen LogP contribution is 2.15. The molecule has 24 heavy (non-hydrogen) atoms. The van der Waals surface area contributed by atoms with Gasteiger partial charge < -0.3 is 14.8 Å². The van der Waals surface area contributed by atoms with Crippen LogP contribution in [0.4, 0.5) is 4.39 Å². The molecule has 0 aliphatic heterocycles. The van der Waals surface area contributed by atoms with Crippen LogP contribution in [0.25, 0.3) is 0 Å². The number of carbonyl (C=O) groups excluding carboxylic acids is 1. The number of hydrogen-bond acceptors (Lipinski definition) is 3. The van der Waals surface area contributed by atoms with Crippen LogP contribution < -0.4 is 14.8 Å². The molecule has 0 fully saturated rings. The van der Waals surface area contributed by atoms with Crippen LogP contribution in [0.2, 0.25) is 0 Å². The third kappa shape index (κ3) is 5.26. The number of methoxy groups -OCH3 is 1. The van der Waals surface area contributed by atoms with Crippen LogP contribution in [-0.2, 0) is 11.2 Å². The number of rotatable bonds is 8. The van der Waals surface area contributed by atoms with Gasteiger partial charge in [0.05, 0.1) is 7.11 Å². The second-order valence-corrected chi connectivity index (χ2v) is 5.36. The summed E-state index contributed by atoms with van der Waals surface area (Å²) in [5.74, 6) is 0.782. The number of carbonyl (C=O) groups is 1. The monoisotopic (exact) mass is 331 g/mol. The molecule has 0 aliphatic rings. The van der Waals surface area contributed by atoms with Crippen molar-refractivity contribution in [3.05, 3.63) is 59.9 Å². The second-order valence-electron chi connectivity index (χ2n) is 5.36. The zero-order chi connectivity index (χ0) is 17.4. The molecular weight excluding hydrogens is 309 g/mol. The summed E-state index contributed by atoms with van der Waals surface area (Å²) < 4.78 is 23.6. The van der Waals surface area contributed by atoms with Crippen LogP contribution in [0, 0.1) is 5.82 Å². The quantitative estimate of drug-likeness (QED) is 0.807. The van der Waals surface area contributed by atoms with Gasteiger partial charge in [0, 0.05) is 6.54 Å². The molecule has 0 aliphatic carbocycles. The molecule has 1 N–H and O–H groups in total. The standard InChI is InChI=1S/C19H22FNO3/c1-3-18(24-17-10-6-15(20)7-11-17)19(22)21-13-12-14-4-8-16(23-2)9-5-14/h4-11,18H,3,12-13H2,1-2H3,(H,21,22)/t18-/m1/s1. The number of nitrogens with one attached hydrogen (secondary N) is 1. The molecule has 1 amide bonds. The lowest BCUT2D eigenvalue weighted by molar-refractivity contribution is -0.128. The molecule has 0 unspecified atom stereocenters. The summed E-state index contributed by atoms with van der Waals surface area (Å²) in [6.45, 7) is 2.39. The van der Waals surface area contributed by atoms with E-state index in [1.807, 2.05) is 31.2 Å². The molecule has 0 radical (unpaired) electrons. The van der Waals surface area contributed by atoms with Gasteiger partial charge in [0.25, 0.3) is 5.91 Å². The van der Waals surface area contributed by atoms with Crippen molar-refractivity contribution >= 4 is 5.91 Å². The fourth-order valence-electron chi connectivity index (χ4n) is 2.24. The molecule has 4 nitrogen and oxygen atoms in total. The van der Waals surface area contributed by atoms with Crippen LogP contribution in [0.5, 0.6) is 11.5 Å². The maximum absolute atomic E-state index is 12.9. The van der Waals surface area contributed by atoms with E-state index in [1.165, 1.54) is 24.3 Å².